The lowest BCUT2D eigenvalue weighted by atomic mass is 10.1. The van der Waals surface area contributed by atoms with Gasteiger partial charge in [-0.3, -0.25) is 4.79 Å². The summed E-state index contributed by atoms with van der Waals surface area (Å²) in [7, 11) is 1.57. The van der Waals surface area contributed by atoms with E-state index in [4.69, 9.17) is 14.4 Å². The summed E-state index contributed by atoms with van der Waals surface area (Å²) in [5, 5.41) is 8.71. The highest BCUT2D eigenvalue weighted by molar-refractivity contribution is 5.58. The first-order valence-electron chi connectivity index (χ1n) is 4.92. The van der Waals surface area contributed by atoms with E-state index in [1.165, 1.54) is 6.07 Å². The Morgan fingerprint density at radius 3 is 2.53 bits per heavy atom. The Kier molecular flexibility index (Phi) is 2.93. The third-order valence-corrected chi connectivity index (χ3v) is 2.25. The van der Waals surface area contributed by atoms with Crippen molar-refractivity contribution in [3.63, 3.8) is 0 Å². The maximum atomic E-state index is 11.3. The second-order valence-corrected chi connectivity index (χ2v) is 3.36. The Morgan fingerprint density at radius 1 is 1.24 bits per heavy atom. The van der Waals surface area contributed by atoms with Gasteiger partial charge < -0.3 is 9.15 Å². The molecule has 0 saturated heterocycles. The molecular formula is C13H9NO3. The second kappa shape index (κ2) is 4.54. The Hall–Kier alpha value is -2.54. The molecule has 4 nitrogen and oxygen atoms in total. The summed E-state index contributed by atoms with van der Waals surface area (Å²) in [5.74, 6) is 1.09. The average Bonchev–Trinajstić information content (AvgIpc) is 2.38. The predicted octanol–water partition coefficient (Wildman–Crippen LogP) is 2.19. The van der Waals surface area contributed by atoms with Gasteiger partial charge in [-0.25, -0.2) is 0 Å². The van der Waals surface area contributed by atoms with Crippen molar-refractivity contribution in [1.29, 1.82) is 5.26 Å². The average molecular weight is 227 g/mol. The van der Waals surface area contributed by atoms with Crippen molar-refractivity contribution in [3.05, 3.63) is 52.4 Å². The van der Waals surface area contributed by atoms with E-state index >= 15 is 0 Å². The molecule has 0 amide bonds. The highest BCUT2D eigenvalue weighted by Crippen LogP contribution is 2.21. The van der Waals surface area contributed by atoms with Crippen molar-refractivity contribution < 1.29 is 9.15 Å². The summed E-state index contributed by atoms with van der Waals surface area (Å²) in [4.78, 5) is 11.3. The number of hydrogen-bond donors (Lipinski definition) is 0. The van der Waals surface area contributed by atoms with Crippen LogP contribution in [0.3, 0.4) is 0 Å². The van der Waals surface area contributed by atoms with Gasteiger partial charge in [-0.2, -0.15) is 5.26 Å². The van der Waals surface area contributed by atoms with Crippen molar-refractivity contribution in [2.24, 2.45) is 0 Å². The van der Waals surface area contributed by atoms with Gasteiger partial charge in [0.05, 0.1) is 7.11 Å². The van der Waals surface area contributed by atoms with Crippen LogP contribution in [0.25, 0.3) is 11.3 Å². The molecule has 1 aromatic heterocycles. The van der Waals surface area contributed by atoms with Crippen molar-refractivity contribution in [2.75, 3.05) is 7.11 Å². The zero-order valence-electron chi connectivity index (χ0n) is 9.14. The first-order chi connectivity index (χ1) is 8.22. The number of methoxy groups -OCH3 is 1. The Labute approximate surface area is 97.7 Å². The second-order valence-electron chi connectivity index (χ2n) is 3.36. The Balaban J connectivity index is 2.49. The summed E-state index contributed by atoms with van der Waals surface area (Å²) in [6.07, 6.45) is 0. The van der Waals surface area contributed by atoms with Gasteiger partial charge in [0.25, 0.3) is 0 Å². The molecule has 0 bridgehead atoms. The zero-order chi connectivity index (χ0) is 12.3. The molecule has 0 aliphatic heterocycles. The van der Waals surface area contributed by atoms with E-state index in [2.05, 4.69) is 0 Å². The minimum absolute atomic E-state index is 0.00307. The molecule has 0 spiro atoms. The quantitative estimate of drug-likeness (QED) is 0.788. The molecule has 0 fully saturated rings. The number of nitrogens with zero attached hydrogens (tertiary/aromatic N) is 1. The maximum absolute atomic E-state index is 11.3. The van der Waals surface area contributed by atoms with E-state index in [0.29, 0.717) is 11.5 Å². The molecule has 0 saturated carbocycles. The van der Waals surface area contributed by atoms with Crippen LogP contribution in [-0.2, 0) is 0 Å². The van der Waals surface area contributed by atoms with Crippen molar-refractivity contribution >= 4 is 0 Å². The van der Waals surface area contributed by atoms with Crippen LogP contribution < -0.4 is 10.2 Å². The van der Waals surface area contributed by atoms with Gasteiger partial charge >= 0.3 is 0 Å². The lowest BCUT2D eigenvalue weighted by Gasteiger charge is -2.02. The van der Waals surface area contributed by atoms with Gasteiger partial charge in [-0.05, 0) is 24.3 Å². The molecule has 1 aromatic carbocycles. The smallest absolute Gasteiger partial charge is 0.207 e. The van der Waals surface area contributed by atoms with Gasteiger partial charge in [0.2, 0.25) is 5.76 Å². The van der Waals surface area contributed by atoms with Crippen LogP contribution in [0, 0.1) is 11.3 Å². The number of ether oxygens (including phenoxy) is 1. The lowest BCUT2D eigenvalue weighted by Crippen LogP contribution is -1.98. The van der Waals surface area contributed by atoms with Crippen LogP contribution >= 0.6 is 0 Å². The van der Waals surface area contributed by atoms with Crippen LogP contribution in [0.5, 0.6) is 5.75 Å². The van der Waals surface area contributed by atoms with Gasteiger partial charge in [0.15, 0.2) is 5.43 Å². The van der Waals surface area contributed by atoms with Crippen LogP contribution in [0.2, 0.25) is 0 Å². The zero-order valence-corrected chi connectivity index (χ0v) is 9.14. The van der Waals surface area contributed by atoms with Crippen LogP contribution in [0.15, 0.2) is 45.6 Å². The predicted molar refractivity (Wildman–Crippen MR) is 61.7 cm³/mol. The molecule has 1 heterocycles. The van der Waals surface area contributed by atoms with Crippen LogP contribution in [-0.4, -0.2) is 7.11 Å². The highest BCUT2D eigenvalue weighted by Gasteiger charge is 2.04. The minimum Gasteiger partial charge on any atom is -0.497 e. The molecule has 0 unspecified atom stereocenters. The molecular weight excluding hydrogens is 218 g/mol. The first kappa shape index (κ1) is 11.0. The maximum Gasteiger partial charge on any atom is 0.207 e. The largest absolute Gasteiger partial charge is 0.497 e. The van der Waals surface area contributed by atoms with E-state index in [1.807, 2.05) is 6.07 Å². The van der Waals surface area contributed by atoms with Gasteiger partial charge in [0, 0.05) is 17.7 Å². The fourth-order valence-electron chi connectivity index (χ4n) is 1.43. The Morgan fingerprint density at radius 2 is 1.94 bits per heavy atom. The Bertz CT molecular complexity index is 620. The van der Waals surface area contributed by atoms with Crippen LogP contribution in [0.4, 0.5) is 0 Å². The molecule has 0 N–H and O–H groups in total. The SMILES string of the molecule is COc1ccc(-c2cc(=O)cc(C#N)o2)cc1. The molecule has 2 rings (SSSR count). The molecule has 0 atom stereocenters. The van der Waals surface area contributed by atoms with E-state index in [-0.39, 0.29) is 11.2 Å². The molecule has 84 valence electrons. The summed E-state index contributed by atoms with van der Waals surface area (Å²) < 4.78 is 10.3. The third kappa shape index (κ3) is 2.34. The van der Waals surface area contributed by atoms with Crippen LogP contribution in [0.1, 0.15) is 5.76 Å². The van der Waals surface area contributed by atoms with E-state index < -0.39 is 0 Å². The summed E-state index contributed by atoms with van der Waals surface area (Å²) in [6.45, 7) is 0. The fraction of sp³-hybridized carbons (Fsp3) is 0.0769. The first-order valence-corrected chi connectivity index (χ1v) is 4.92. The molecule has 0 aliphatic carbocycles. The summed E-state index contributed by atoms with van der Waals surface area (Å²) in [6, 6.07) is 11.4. The van der Waals surface area contributed by atoms with Crippen molar-refractivity contribution in [1.82, 2.24) is 0 Å². The minimum atomic E-state index is -0.251. The topological polar surface area (TPSA) is 63.2 Å². The van der Waals surface area contributed by atoms with Crippen molar-refractivity contribution in [3.8, 4) is 23.1 Å². The monoisotopic (exact) mass is 227 g/mol. The normalized spacial score (nSPS) is 9.65. The van der Waals surface area contributed by atoms with Crippen molar-refractivity contribution in [2.45, 2.75) is 0 Å². The van der Waals surface area contributed by atoms with Gasteiger partial charge in [-0.1, -0.05) is 0 Å². The number of nitriles is 1. The molecule has 17 heavy (non-hydrogen) atoms. The number of benzene rings is 1. The van der Waals surface area contributed by atoms with Gasteiger partial charge in [-0.15, -0.1) is 0 Å². The molecule has 2 aromatic rings. The standard InChI is InChI=1S/C13H9NO3/c1-16-11-4-2-9(3-5-11)13-7-10(15)6-12(8-14)17-13/h2-7H,1H3. The van der Waals surface area contributed by atoms with E-state index in [1.54, 1.807) is 31.4 Å². The number of hydrogen-bond acceptors (Lipinski definition) is 4. The highest BCUT2D eigenvalue weighted by atomic mass is 16.5. The molecule has 4 heteroatoms. The summed E-state index contributed by atoms with van der Waals surface area (Å²) in [5.41, 5.74) is 0.471. The molecule has 0 aliphatic rings. The fourth-order valence-corrected chi connectivity index (χ4v) is 1.43. The number of rotatable bonds is 2. The van der Waals surface area contributed by atoms with E-state index in [9.17, 15) is 4.79 Å². The summed E-state index contributed by atoms with van der Waals surface area (Å²) >= 11 is 0. The van der Waals surface area contributed by atoms with E-state index in [0.717, 1.165) is 11.6 Å². The lowest BCUT2D eigenvalue weighted by molar-refractivity contribution is 0.415. The van der Waals surface area contributed by atoms with Gasteiger partial charge in [0.1, 0.15) is 17.6 Å². The molecule has 0 radical (unpaired) electrons. The third-order valence-electron chi connectivity index (χ3n) is 2.25.